The van der Waals surface area contributed by atoms with Crippen LogP contribution in [0.25, 0.3) is 11.1 Å². The molecule has 0 aliphatic rings. The number of aromatic nitrogens is 2. The number of halogens is 3. The number of carbonyl (C=O) groups is 1. The Labute approximate surface area is 158 Å². The standard InChI is InChI=1S/C19H15F3N4O2/c1-11-15(12-5-7-14(8-6-12)28-19(20,21)22)3-2-4-16(11)17(27)26-13-9-24-18(23)25-10-13/h2-10H,1H3,(H,26,27)(H2,23,24,25). The maximum Gasteiger partial charge on any atom is 0.573 e. The second-order valence-electron chi connectivity index (χ2n) is 5.83. The van der Waals surface area contributed by atoms with E-state index in [0.29, 0.717) is 27.9 Å². The normalized spacial score (nSPS) is 11.1. The zero-order chi connectivity index (χ0) is 20.3. The molecule has 144 valence electrons. The van der Waals surface area contributed by atoms with Gasteiger partial charge < -0.3 is 15.8 Å². The third-order valence-corrected chi connectivity index (χ3v) is 3.91. The molecule has 0 aliphatic heterocycles. The van der Waals surface area contributed by atoms with E-state index in [4.69, 9.17) is 5.73 Å². The van der Waals surface area contributed by atoms with Crippen LogP contribution in [-0.2, 0) is 0 Å². The SMILES string of the molecule is Cc1c(C(=O)Nc2cnc(N)nc2)cccc1-c1ccc(OC(F)(F)F)cc1. The second kappa shape index (κ2) is 7.55. The van der Waals surface area contributed by atoms with Gasteiger partial charge >= 0.3 is 6.36 Å². The van der Waals surface area contributed by atoms with Gasteiger partial charge in [-0.1, -0.05) is 24.3 Å². The van der Waals surface area contributed by atoms with Gasteiger partial charge in [-0.2, -0.15) is 0 Å². The van der Waals surface area contributed by atoms with Crippen molar-refractivity contribution in [3.05, 3.63) is 66.0 Å². The van der Waals surface area contributed by atoms with Gasteiger partial charge in [0.25, 0.3) is 5.91 Å². The summed E-state index contributed by atoms with van der Waals surface area (Å²) in [5.74, 6) is -0.593. The van der Waals surface area contributed by atoms with Crippen molar-refractivity contribution in [1.82, 2.24) is 9.97 Å². The molecule has 1 heterocycles. The minimum absolute atomic E-state index is 0.0918. The molecular formula is C19H15F3N4O2. The van der Waals surface area contributed by atoms with Gasteiger partial charge in [-0.3, -0.25) is 4.79 Å². The van der Waals surface area contributed by atoms with E-state index < -0.39 is 6.36 Å². The molecule has 0 saturated carbocycles. The number of alkyl halides is 3. The summed E-state index contributed by atoms with van der Waals surface area (Å²) < 4.78 is 40.7. The second-order valence-corrected chi connectivity index (χ2v) is 5.83. The van der Waals surface area contributed by atoms with Crippen LogP contribution < -0.4 is 15.8 Å². The van der Waals surface area contributed by atoms with E-state index in [2.05, 4.69) is 20.0 Å². The Morgan fingerprint density at radius 3 is 2.32 bits per heavy atom. The fraction of sp³-hybridized carbons (Fsp3) is 0.105. The van der Waals surface area contributed by atoms with E-state index in [1.165, 1.54) is 36.7 Å². The van der Waals surface area contributed by atoms with Gasteiger partial charge in [0.2, 0.25) is 5.95 Å². The van der Waals surface area contributed by atoms with Gasteiger partial charge in [-0.25, -0.2) is 9.97 Å². The number of rotatable bonds is 4. The highest BCUT2D eigenvalue weighted by atomic mass is 19.4. The van der Waals surface area contributed by atoms with Gasteiger partial charge in [0.05, 0.1) is 18.1 Å². The van der Waals surface area contributed by atoms with Crippen LogP contribution in [0.5, 0.6) is 5.75 Å². The molecule has 1 amide bonds. The van der Waals surface area contributed by atoms with Crippen LogP contribution in [0.4, 0.5) is 24.8 Å². The number of ether oxygens (including phenoxy) is 1. The van der Waals surface area contributed by atoms with E-state index in [1.807, 2.05) is 0 Å². The lowest BCUT2D eigenvalue weighted by Crippen LogP contribution is -2.17. The van der Waals surface area contributed by atoms with Crippen molar-refractivity contribution < 1.29 is 22.7 Å². The Hall–Kier alpha value is -3.62. The summed E-state index contributed by atoms with van der Waals surface area (Å²) in [6.45, 7) is 1.75. The largest absolute Gasteiger partial charge is 0.573 e. The zero-order valence-corrected chi connectivity index (χ0v) is 14.6. The number of nitrogens with zero attached hydrogens (tertiary/aromatic N) is 2. The molecule has 0 fully saturated rings. The molecule has 0 radical (unpaired) electrons. The lowest BCUT2D eigenvalue weighted by Gasteiger charge is -2.13. The number of anilines is 2. The number of benzene rings is 2. The van der Waals surface area contributed by atoms with Gasteiger partial charge in [0.15, 0.2) is 0 Å². The third-order valence-electron chi connectivity index (χ3n) is 3.91. The number of nitrogens with one attached hydrogen (secondary N) is 1. The van der Waals surface area contributed by atoms with Crippen LogP contribution in [0.3, 0.4) is 0 Å². The molecule has 0 bridgehead atoms. The molecule has 0 unspecified atom stereocenters. The summed E-state index contributed by atoms with van der Waals surface area (Å²) in [4.78, 5) is 20.2. The number of nitrogen functional groups attached to an aromatic ring is 1. The van der Waals surface area contributed by atoms with E-state index in [0.717, 1.165) is 0 Å². The first-order valence-electron chi connectivity index (χ1n) is 8.07. The van der Waals surface area contributed by atoms with Gasteiger partial charge in [-0.05, 0) is 41.8 Å². The first-order chi connectivity index (χ1) is 13.2. The summed E-state index contributed by atoms with van der Waals surface area (Å²) in [6.07, 6.45) is -1.97. The summed E-state index contributed by atoms with van der Waals surface area (Å²) in [7, 11) is 0. The predicted molar refractivity (Wildman–Crippen MR) is 97.7 cm³/mol. The smallest absolute Gasteiger partial charge is 0.406 e. The number of nitrogens with two attached hydrogens (primary N) is 1. The predicted octanol–water partition coefficient (Wildman–Crippen LogP) is 4.19. The first-order valence-corrected chi connectivity index (χ1v) is 8.07. The number of hydrogen-bond donors (Lipinski definition) is 2. The fourth-order valence-corrected chi connectivity index (χ4v) is 2.63. The van der Waals surface area contributed by atoms with Gasteiger partial charge in [0, 0.05) is 5.56 Å². The van der Waals surface area contributed by atoms with Crippen molar-refractivity contribution >= 4 is 17.5 Å². The van der Waals surface area contributed by atoms with Gasteiger partial charge in [-0.15, -0.1) is 13.2 Å². The first kappa shape index (κ1) is 19.2. The molecular weight excluding hydrogens is 373 g/mol. The quantitative estimate of drug-likeness (QED) is 0.700. The van der Waals surface area contributed by atoms with Crippen molar-refractivity contribution in [2.24, 2.45) is 0 Å². The molecule has 3 N–H and O–H groups in total. The number of amides is 1. The maximum atomic E-state index is 12.6. The zero-order valence-electron chi connectivity index (χ0n) is 14.6. The highest BCUT2D eigenvalue weighted by Crippen LogP contribution is 2.29. The Balaban J connectivity index is 1.84. The molecule has 9 heteroatoms. The summed E-state index contributed by atoms with van der Waals surface area (Å²) in [5, 5.41) is 2.68. The van der Waals surface area contributed by atoms with E-state index in [9.17, 15) is 18.0 Å². The van der Waals surface area contributed by atoms with E-state index >= 15 is 0 Å². The average molecular weight is 388 g/mol. The Bertz CT molecular complexity index is 988. The summed E-state index contributed by atoms with van der Waals surface area (Å²) >= 11 is 0. The molecule has 3 aromatic rings. The lowest BCUT2D eigenvalue weighted by atomic mass is 9.96. The average Bonchev–Trinajstić information content (AvgIpc) is 2.63. The van der Waals surface area contributed by atoms with E-state index in [-0.39, 0.29) is 17.6 Å². The molecule has 1 aromatic heterocycles. The van der Waals surface area contributed by atoms with Crippen LogP contribution in [0.1, 0.15) is 15.9 Å². The van der Waals surface area contributed by atoms with E-state index in [1.54, 1.807) is 25.1 Å². The third kappa shape index (κ3) is 4.56. The molecule has 2 aromatic carbocycles. The minimum Gasteiger partial charge on any atom is -0.406 e. The molecule has 0 saturated heterocycles. The van der Waals surface area contributed by atoms with Crippen molar-refractivity contribution in [2.45, 2.75) is 13.3 Å². The summed E-state index contributed by atoms with van der Waals surface area (Å²) in [6, 6.07) is 10.6. The van der Waals surface area contributed by atoms with Crippen LogP contribution in [-0.4, -0.2) is 22.2 Å². The van der Waals surface area contributed by atoms with Gasteiger partial charge in [0.1, 0.15) is 5.75 Å². The monoisotopic (exact) mass is 388 g/mol. The highest BCUT2D eigenvalue weighted by Gasteiger charge is 2.31. The van der Waals surface area contributed by atoms with Crippen molar-refractivity contribution in [2.75, 3.05) is 11.1 Å². The molecule has 0 atom stereocenters. The maximum absolute atomic E-state index is 12.6. The lowest BCUT2D eigenvalue weighted by molar-refractivity contribution is -0.274. The Morgan fingerprint density at radius 2 is 1.71 bits per heavy atom. The Morgan fingerprint density at radius 1 is 1.07 bits per heavy atom. The number of carbonyl (C=O) groups excluding carboxylic acids is 1. The molecule has 0 aliphatic carbocycles. The van der Waals surface area contributed by atoms with Crippen LogP contribution >= 0.6 is 0 Å². The Kier molecular flexibility index (Phi) is 5.16. The molecule has 3 rings (SSSR count). The highest BCUT2D eigenvalue weighted by molar-refractivity contribution is 6.06. The molecule has 6 nitrogen and oxygen atoms in total. The van der Waals surface area contributed by atoms with Crippen LogP contribution in [0, 0.1) is 6.92 Å². The number of hydrogen-bond acceptors (Lipinski definition) is 5. The molecule has 0 spiro atoms. The van der Waals surface area contributed by atoms with Crippen LogP contribution in [0.2, 0.25) is 0 Å². The summed E-state index contributed by atoms with van der Waals surface area (Å²) in [5.41, 5.74) is 8.24. The topological polar surface area (TPSA) is 90.1 Å². The van der Waals surface area contributed by atoms with Crippen molar-refractivity contribution in [1.29, 1.82) is 0 Å². The molecule has 28 heavy (non-hydrogen) atoms. The van der Waals surface area contributed by atoms with Crippen LogP contribution in [0.15, 0.2) is 54.9 Å². The van der Waals surface area contributed by atoms with Crippen molar-refractivity contribution in [3.8, 4) is 16.9 Å². The minimum atomic E-state index is -4.75. The fourth-order valence-electron chi connectivity index (χ4n) is 2.63. The van der Waals surface area contributed by atoms with Crippen molar-refractivity contribution in [3.63, 3.8) is 0 Å².